The number of hydrogen-bond acceptors (Lipinski definition) is 2. The summed E-state index contributed by atoms with van der Waals surface area (Å²) in [4.78, 5) is 0. The smallest absolute Gasteiger partial charge is 0.575 e. The standard InChI is InChI=1S/C14H20N3.K/c1-5-14(12(4)9-15)17-16-13-7-10(2)6-11(3)8-13;/h6-9H,5,15H2,1-4H3;/q-1;+1/b12-9+,17-14+;. The molecular weight excluding hydrogens is 249 g/mol. The van der Waals surface area contributed by atoms with E-state index in [4.69, 9.17) is 5.73 Å². The molecule has 0 amide bonds. The van der Waals surface area contributed by atoms with Crippen LogP contribution in [0.1, 0.15) is 31.4 Å². The number of benzene rings is 1. The van der Waals surface area contributed by atoms with Crippen LogP contribution in [0.4, 0.5) is 5.69 Å². The summed E-state index contributed by atoms with van der Waals surface area (Å²) in [6, 6.07) is 6.16. The van der Waals surface area contributed by atoms with Gasteiger partial charge in [0.2, 0.25) is 0 Å². The molecule has 0 saturated heterocycles. The van der Waals surface area contributed by atoms with Gasteiger partial charge < -0.3 is 16.3 Å². The van der Waals surface area contributed by atoms with Gasteiger partial charge >= 0.3 is 51.4 Å². The summed E-state index contributed by atoms with van der Waals surface area (Å²) in [7, 11) is 0. The van der Waals surface area contributed by atoms with Gasteiger partial charge in [0.15, 0.2) is 0 Å². The molecule has 2 N–H and O–H groups in total. The van der Waals surface area contributed by atoms with Crippen LogP contribution in [0.2, 0.25) is 0 Å². The van der Waals surface area contributed by atoms with Crippen LogP contribution in [0.25, 0.3) is 5.43 Å². The van der Waals surface area contributed by atoms with Crippen LogP contribution in [-0.4, -0.2) is 5.71 Å². The average Bonchev–Trinajstić information content (AvgIpc) is 2.28. The van der Waals surface area contributed by atoms with Gasteiger partial charge in [-0.1, -0.05) is 36.2 Å². The SMILES string of the molecule is CCC(=N\[N-]c1cc(C)cc(C)c1)/C(C)=C/N.[K+]. The summed E-state index contributed by atoms with van der Waals surface area (Å²) in [6.07, 6.45) is 2.40. The molecule has 0 spiro atoms. The van der Waals surface area contributed by atoms with Crippen LogP contribution < -0.4 is 57.1 Å². The van der Waals surface area contributed by atoms with E-state index in [1.807, 2.05) is 26.0 Å². The number of aryl methyl sites for hydroxylation is 2. The van der Waals surface area contributed by atoms with Crippen molar-refractivity contribution in [3.05, 3.63) is 46.5 Å². The molecule has 0 unspecified atom stereocenters. The van der Waals surface area contributed by atoms with Crippen molar-refractivity contribution in [2.75, 3.05) is 0 Å². The second-order valence-electron chi connectivity index (χ2n) is 4.20. The van der Waals surface area contributed by atoms with E-state index in [-0.39, 0.29) is 51.4 Å². The first kappa shape index (κ1) is 17.9. The Hall–Kier alpha value is -0.134. The molecule has 3 nitrogen and oxygen atoms in total. The molecule has 0 bridgehead atoms. The third kappa shape index (κ3) is 5.67. The van der Waals surface area contributed by atoms with Gasteiger partial charge in [0, 0.05) is 5.71 Å². The number of nitrogens with zero attached hydrogens (tertiary/aromatic N) is 2. The maximum atomic E-state index is 5.48. The molecule has 0 atom stereocenters. The summed E-state index contributed by atoms with van der Waals surface area (Å²) in [6.45, 7) is 8.10. The van der Waals surface area contributed by atoms with Gasteiger partial charge in [-0.15, -0.1) is 5.69 Å². The van der Waals surface area contributed by atoms with E-state index in [0.717, 1.165) is 23.4 Å². The summed E-state index contributed by atoms with van der Waals surface area (Å²) < 4.78 is 0. The second kappa shape index (κ2) is 8.88. The zero-order valence-corrected chi connectivity index (χ0v) is 15.1. The molecule has 0 fully saturated rings. The maximum absolute atomic E-state index is 5.48. The Balaban J connectivity index is 0.00000289. The molecule has 0 aliphatic rings. The predicted octanol–water partition coefficient (Wildman–Crippen LogP) is 0.941. The molecule has 18 heavy (non-hydrogen) atoms. The molecule has 0 aliphatic heterocycles. The fourth-order valence-corrected chi connectivity index (χ4v) is 1.65. The van der Waals surface area contributed by atoms with Crippen molar-refractivity contribution in [2.24, 2.45) is 10.8 Å². The predicted molar refractivity (Wildman–Crippen MR) is 74.6 cm³/mol. The Morgan fingerprint density at radius 1 is 1.28 bits per heavy atom. The fourth-order valence-electron chi connectivity index (χ4n) is 1.65. The Kier molecular flexibility index (Phi) is 8.81. The van der Waals surface area contributed by atoms with E-state index in [1.54, 1.807) is 6.20 Å². The summed E-state index contributed by atoms with van der Waals surface area (Å²) >= 11 is 0. The minimum atomic E-state index is 0. The summed E-state index contributed by atoms with van der Waals surface area (Å²) in [5.41, 5.74) is 14.9. The third-order valence-electron chi connectivity index (χ3n) is 2.53. The van der Waals surface area contributed by atoms with Crippen LogP contribution in [0.5, 0.6) is 0 Å². The largest absolute Gasteiger partial charge is 1.00 e. The van der Waals surface area contributed by atoms with Crippen molar-refractivity contribution in [3.63, 3.8) is 0 Å². The molecule has 1 rings (SSSR count). The molecule has 4 heteroatoms. The van der Waals surface area contributed by atoms with E-state index in [9.17, 15) is 0 Å². The minimum Gasteiger partial charge on any atom is -0.575 e. The molecule has 1 aromatic carbocycles. The molecule has 1 aromatic rings. The van der Waals surface area contributed by atoms with E-state index in [1.165, 1.54) is 11.1 Å². The molecular formula is C14H20KN3. The van der Waals surface area contributed by atoms with Gasteiger partial charge in [0.25, 0.3) is 0 Å². The topological polar surface area (TPSA) is 52.5 Å². The quantitative estimate of drug-likeness (QED) is 0.494. The van der Waals surface area contributed by atoms with Crippen LogP contribution in [0.3, 0.4) is 0 Å². The first-order valence-electron chi connectivity index (χ1n) is 5.81. The van der Waals surface area contributed by atoms with Crippen molar-refractivity contribution >= 4 is 11.4 Å². The molecule has 92 valence electrons. The Bertz CT molecular complexity index is 430. The number of nitrogens with two attached hydrogens (primary N) is 1. The van der Waals surface area contributed by atoms with E-state index >= 15 is 0 Å². The molecule has 0 heterocycles. The molecule has 0 aliphatic carbocycles. The first-order chi connectivity index (χ1) is 8.06. The first-order valence-corrected chi connectivity index (χ1v) is 5.81. The van der Waals surface area contributed by atoms with Gasteiger partial charge in [-0.3, -0.25) is 0 Å². The fraction of sp³-hybridized carbons (Fsp3) is 0.357. The van der Waals surface area contributed by atoms with Crippen molar-refractivity contribution < 1.29 is 51.4 Å². The van der Waals surface area contributed by atoms with Gasteiger partial charge in [-0.2, -0.15) is 0 Å². The normalized spacial score (nSPS) is 12.0. The number of rotatable bonds is 4. The monoisotopic (exact) mass is 269 g/mol. The van der Waals surface area contributed by atoms with Gasteiger partial charge in [0.05, 0.1) is 0 Å². The van der Waals surface area contributed by atoms with Crippen molar-refractivity contribution in [1.29, 1.82) is 0 Å². The van der Waals surface area contributed by atoms with Crippen LogP contribution in [0.15, 0.2) is 35.1 Å². The second-order valence-corrected chi connectivity index (χ2v) is 4.20. The van der Waals surface area contributed by atoms with Gasteiger partial charge in [0.1, 0.15) is 0 Å². The molecule has 0 saturated carbocycles. The Morgan fingerprint density at radius 3 is 2.28 bits per heavy atom. The Labute approximate surface area is 152 Å². The maximum Gasteiger partial charge on any atom is 1.00 e. The number of allylic oxidation sites excluding steroid dienone is 1. The molecule has 0 aromatic heterocycles. The van der Waals surface area contributed by atoms with E-state index < -0.39 is 0 Å². The summed E-state index contributed by atoms with van der Waals surface area (Å²) in [5.74, 6) is 0. The van der Waals surface area contributed by atoms with Crippen molar-refractivity contribution in [3.8, 4) is 0 Å². The third-order valence-corrected chi connectivity index (χ3v) is 2.53. The van der Waals surface area contributed by atoms with Gasteiger partial charge in [-0.25, -0.2) is 0 Å². The van der Waals surface area contributed by atoms with E-state index in [0.29, 0.717) is 0 Å². The van der Waals surface area contributed by atoms with Crippen LogP contribution >= 0.6 is 0 Å². The van der Waals surface area contributed by atoms with Crippen molar-refractivity contribution in [2.45, 2.75) is 34.1 Å². The van der Waals surface area contributed by atoms with Gasteiger partial charge in [-0.05, 0) is 39.0 Å². The van der Waals surface area contributed by atoms with E-state index in [2.05, 4.69) is 30.4 Å². The molecule has 0 radical (unpaired) electrons. The number of hydrogen-bond donors (Lipinski definition) is 1. The minimum absolute atomic E-state index is 0. The average molecular weight is 269 g/mol. The summed E-state index contributed by atoms with van der Waals surface area (Å²) in [5, 5.41) is 4.26. The zero-order valence-electron chi connectivity index (χ0n) is 12.0. The van der Waals surface area contributed by atoms with Crippen LogP contribution in [0, 0.1) is 13.8 Å². The van der Waals surface area contributed by atoms with Crippen LogP contribution in [-0.2, 0) is 0 Å². The Morgan fingerprint density at radius 2 is 1.83 bits per heavy atom. The van der Waals surface area contributed by atoms with Crippen molar-refractivity contribution in [1.82, 2.24) is 0 Å². The zero-order chi connectivity index (χ0) is 12.8.